The van der Waals surface area contributed by atoms with Crippen LogP contribution in [0.15, 0.2) is 42.9 Å². The van der Waals surface area contributed by atoms with Crippen LogP contribution in [0, 0.1) is 0 Å². The van der Waals surface area contributed by atoms with Crippen molar-refractivity contribution < 1.29 is 28.9 Å². The van der Waals surface area contributed by atoms with Gasteiger partial charge < -0.3 is 24.3 Å². The Bertz CT molecular complexity index is 732. The molecule has 0 aliphatic heterocycles. The number of aliphatic carboxylic acids is 1. The van der Waals surface area contributed by atoms with Gasteiger partial charge in [-0.25, -0.2) is 14.6 Å². The van der Waals surface area contributed by atoms with Crippen molar-refractivity contribution in [2.24, 2.45) is 0 Å². The lowest BCUT2D eigenvalue weighted by Crippen LogP contribution is -2.50. The third-order valence-corrected chi connectivity index (χ3v) is 4.12. The molecular weight excluding hydrogens is 378 g/mol. The van der Waals surface area contributed by atoms with Gasteiger partial charge in [0.25, 0.3) is 0 Å². The Morgan fingerprint density at radius 3 is 2.41 bits per heavy atom. The molecule has 29 heavy (non-hydrogen) atoms. The number of carboxylic acids is 1. The first kappa shape index (κ1) is 22.4. The highest BCUT2D eigenvalue weighted by atomic mass is 16.7. The summed E-state index contributed by atoms with van der Waals surface area (Å²) in [7, 11) is 0. The lowest BCUT2D eigenvalue weighted by Gasteiger charge is -2.31. The predicted octanol–water partition coefficient (Wildman–Crippen LogP) is 2.44. The van der Waals surface area contributed by atoms with Gasteiger partial charge in [0.05, 0.1) is 12.9 Å². The molecular formula is C20H27N3O6. The molecule has 0 saturated carbocycles. The standard InChI is InChI=1S/C20H27N3O6/c1-3-27-18(28-4-2)12-23(17(19(24)25)10-16-11-21-14-22-16)20(26)29-13-15-8-6-5-7-9-15/h5-9,11,14,17-18H,3-4,10,12-13H2,1-2H3,(H,21,22)(H,24,25)/t17-/m0/s1. The molecule has 1 heterocycles. The summed E-state index contributed by atoms with van der Waals surface area (Å²) in [6.45, 7) is 4.25. The van der Waals surface area contributed by atoms with Gasteiger partial charge >= 0.3 is 12.1 Å². The molecule has 0 radical (unpaired) electrons. The highest BCUT2D eigenvalue weighted by Gasteiger charge is 2.34. The average Bonchev–Trinajstić information content (AvgIpc) is 3.23. The molecule has 0 fully saturated rings. The lowest BCUT2D eigenvalue weighted by atomic mass is 10.1. The van der Waals surface area contributed by atoms with Crippen LogP contribution in [0.5, 0.6) is 0 Å². The van der Waals surface area contributed by atoms with Gasteiger partial charge in [-0.1, -0.05) is 30.3 Å². The van der Waals surface area contributed by atoms with Crippen molar-refractivity contribution in [1.82, 2.24) is 14.9 Å². The molecule has 0 bridgehead atoms. The van der Waals surface area contributed by atoms with Crippen molar-refractivity contribution in [3.05, 3.63) is 54.1 Å². The number of hydrogen-bond acceptors (Lipinski definition) is 6. The Morgan fingerprint density at radius 1 is 1.17 bits per heavy atom. The average molecular weight is 405 g/mol. The molecule has 0 aliphatic carbocycles. The van der Waals surface area contributed by atoms with Gasteiger partial charge in [0, 0.05) is 31.5 Å². The van der Waals surface area contributed by atoms with Gasteiger partial charge in [0.15, 0.2) is 6.29 Å². The molecule has 1 aromatic carbocycles. The van der Waals surface area contributed by atoms with E-state index in [0.717, 1.165) is 10.5 Å². The molecule has 0 spiro atoms. The minimum atomic E-state index is -1.18. The Kier molecular flexibility index (Phi) is 9.13. The third-order valence-electron chi connectivity index (χ3n) is 4.12. The van der Waals surface area contributed by atoms with Crippen LogP contribution < -0.4 is 0 Å². The van der Waals surface area contributed by atoms with E-state index in [4.69, 9.17) is 14.2 Å². The predicted molar refractivity (Wildman–Crippen MR) is 104 cm³/mol. The first-order valence-electron chi connectivity index (χ1n) is 9.45. The number of aromatic amines is 1. The maximum absolute atomic E-state index is 12.8. The molecule has 1 atom stereocenters. The monoisotopic (exact) mass is 405 g/mol. The SMILES string of the molecule is CCOC(CN(C(=O)OCc1ccccc1)[C@@H](Cc1cnc[nH]1)C(=O)O)OCC. The maximum Gasteiger partial charge on any atom is 0.411 e. The molecule has 2 N–H and O–H groups in total. The Balaban J connectivity index is 2.19. The van der Waals surface area contributed by atoms with Gasteiger partial charge in [-0.15, -0.1) is 0 Å². The zero-order valence-corrected chi connectivity index (χ0v) is 16.6. The Labute approximate surface area is 169 Å². The largest absolute Gasteiger partial charge is 0.480 e. The number of aromatic nitrogens is 2. The van der Waals surface area contributed by atoms with Crippen LogP contribution in [-0.2, 0) is 32.0 Å². The van der Waals surface area contributed by atoms with Crippen LogP contribution >= 0.6 is 0 Å². The molecule has 158 valence electrons. The van der Waals surface area contributed by atoms with Crippen molar-refractivity contribution in [1.29, 1.82) is 0 Å². The highest BCUT2D eigenvalue weighted by Crippen LogP contribution is 2.14. The number of nitrogens with one attached hydrogen (secondary N) is 1. The van der Waals surface area contributed by atoms with Gasteiger partial charge in [-0.3, -0.25) is 4.90 Å². The quantitative estimate of drug-likeness (QED) is 0.521. The van der Waals surface area contributed by atoms with Crippen LogP contribution in [0.2, 0.25) is 0 Å². The highest BCUT2D eigenvalue weighted by molar-refractivity contribution is 5.80. The minimum Gasteiger partial charge on any atom is -0.480 e. The van der Waals surface area contributed by atoms with E-state index < -0.39 is 24.4 Å². The Morgan fingerprint density at radius 2 is 1.86 bits per heavy atom. The van der Waals surface area contributed by atoms with Crippen molar-refractivity contribution in [2.75, 3.05) is 19.8 Å². The summed E-state index contributed by atoms with van der Waals surface area (Å²) < 4.78 is 16.4. The minimum absolute atomic E-state index is 0.0283. The number of benzene rings is 1. The van der Waals surface area contributed by atoms with E-state index in [0.29, 0.717) is 18.9 Å². The molecule has 0 saturated heterocycles. The van der Waals surface area contributed by atoms with E-state index >= 15 is 0 Å². The summed E-state index contributed by atoms with van der Waals surface area (Å²) in [5, 5.41) is 9.78. The molecule has 1 aromatic heterocycles. The Hall–Kier alpha value is -2.91. The van der Waals surface area contributed by atoms with Gasteiger partial charge in [0.1, 0.15) is 12.6 Å². The summed E-state index contributed by atoms with van der Waals surface area (Å²) in [5.74, 6) is -1.16. The fraction of sp³-hybridized carbons (Fsp3) is 0.450. The van der Waals surface area contributed by atoms with Gasteiger partial charge in [-0.05, 0) is 19.4 Å². The van der Waals surface area contributed by atoms with Crippen LogP contribution in [0.1, 0.15) is 25.1 Å². The molecule has 0 unspecified atom stereocenters. The number of imidazole rings is 1. The number of nitrogens with zero attached hydrogens (tertiary/aromatic N) is 2. The number of carboxylic acid groups (broad SMARTS) is 1. The van der Waals surface area contributed by atoms with E-state index in [1.165, 1.54) is 12.5 Å². The topological polar surface area (TPSA) is 114 Å². The van der Waals surface area contributed by atoms with Crippen molar-refractivity contribution >= 4 is 12.1 Å². The zero-order valence-electron chi connectivity index (χ0n) is 16.6. The molecule has 2 rings (SSSR count). The van der Waals surface area contributed by atoms with E-state index in [-0.39, 0.29) is 19.6 Å². The zero-order chi connectivity index (χ0) is 21.1. The van der Waals surface area contributed by atoms with E-state index in [1.807, 2.05) is 30.3 Å². The maximum atomic E-state index is 12.8. The summed E-state index contributed by atoms with van der Waals surface area (Å²) in [6, 6.07) is 7.98. The number of hydrogen-bond donors (Lipinski definition) is 2. The van der Waals surface area contributed by atoms with Crippen molar-refractivity contribution in [2.45, 2.75) is 39.2 Å². The van der Waals surface area contributed by atoms with Crippen LogP contribution in [0.25, 0.3) is 0 Å². The normalized spacial score (nSPS) is 12.0. The van der Waals surface area contributed by atoms with Crippen LogP contribution in [-0.4, -0.2) is 64.1 Å². The molecule has 0 aliphatic rings. The number of carbonyl (C=O) groups excluding carboxylic acids is 1. The summed E-state index contributed by atoms with van der Waals surface area (Å²) in [4.78, 5) is 32.7. The van der Waals surface area contributed by atoms with Gasteiger partial charge in [0.2, 0.25) is 0 Å². The third kappa shape index (κ3) is 7.20. The lowest BCUT2D eigenvalue weighted by molar-refractivity contribution is -0.157. The van der Waals surface area contributed by atoms with E-state index in [1.54, 1.807) is 13.8 Å². The second kappa shape index (κ2) is 11.8. The van der Waals surface area contributed by atoms with E-state index in [2.05, 4.69) is 9.97 Å². The summed E-state index contributed by atoms with van der Waals surface area (Å²) >= 11 is 0. The van der Waals surface area contributed by atoms with Crippen LogP contribution in [0.4, 0.5) is 4.79 Å². The number of H-pyrrole nitrogens is 1. The fourth-order valence-corrected chi connectivity index (χ4v) is 2.75. The number of rotatable bonds is 12. The number of amides is 1. The fourth-order valence-electron chi connectivity index (χ4n) is 2.75. The number of ether oxygens (including phenoxy) is 3. The van der Waals surface area contributed by atoms with Gasteiger partial charge in [-0.2, -0.15) is 0 Å². The second-order valence-electron chi connectivity index (χ2n) is 6.17. The smallest absolute Gasteiger partial charge is 0.411 e. The van der Waals surface area contributed by atoms with Crippen LogP contribution in [0.3, 0.4) is 0 Å². The summed E-state index contributed by atoms with van der Waals surface area (Å²) in [6.07, 6.45) is 1.49. The molecule has 9 heteroatoms. The second-order valence-corrected chi connectivity index (χ2v) is 6.17. The first-order valence-corrected chi connectivity index (χ1v) is 9.45. The first-order chi connectivity index (χ1) is 14.0. The molecule has 9 nitrogen and oxygen atoms in total. The number of carbonyl (C=O) groups is 2. The molecule has 2 aromatic rings. The summed E-state index contributed by atoms with van der Waals surface area (Å²) in [5.41, 5.74) is 1.38. The van der Waals surface area contributed by atoms with Crippen molar-refractivity contribution in [3.63, 3.8) is 0 Å². The van der Waals surface area contributed by atoms with E-state index in [9.17, 15) is 14.7 Å². The van der Waals surface area contributed by atoms with Crippen molar-refractivity contribution in [3.8, 4) is 0 Å². The molecule has 1 amide bonds.